The van der Waals surface area contributed by atoms with Crippen LogP contribution in [0.1, 0.15) is 13.8 Å². The van der Waals surface area contributed by atoms with Crippen LogP contribution in [0.5, 0.6) is 0 Å². The third-order valence-corrected chi connectivity index (χ3v) is 5.27. The second kappa shape index (κ2) is 7.05. The number of nitrogens with one attached hydrogen (secondary N) is 1. The summed E-state index contributed by atoms with van der Waals surface area (Å²) in [5.41, 5.74) is 0.669. The highest BCUT2D eigenvalue weighted by molar-refractivity contribution is 6.13. The van der Waals surface area contributed by atoms with Crippen molar-refractivity contribution in [1.82, 2.24) is 14.3 Å². The summed E-state index contributed by atoms with van der Waals surface area (Å²) in [4.78, 5) is 30.7. The highest BCUT2D eigenvalue weighted by Crippen LogP contribution is 2.31. The Labute approximate surface area is 160 Å². The van der Waals surface area contributed by atoms with Gasteiger partial charge in [-0.2, -0.15) is 4.40 Å². The number of pyridine rings is 2. The smallest absolute Gasteiger partial charge is 0.328 e. The van der Waals surface area contributed by atoms with E-state index >= 15 is 0 Å². The average Bonchev–Trinajstić information content (AvgIpc) is 3.16. The molecule has 3 aromatic heterocycles. The lowest BCUT2D eigenvalue weighted by molar-refractivity contribution is -0.390. The molecule has 0 spiro atoms. The number of aromatic nitrogens is 2. The molecule has 3 heterocycles. The van der Waals surface area contributed by atoms with E-state index in [1.807, 2.05) is 12.1 Å². The van der Waals surface area contributed by atoms with E-state index in [0.717, 1.165) is 31.6 Å². The molecular formula is C20H21N5O3. The molecule has 4 aromatic rings. The van der Waals surface area contributed by atoms with Gasteiger partial charge in [0, 0.05) is 36.1 Å². The molecule has 28 heavy (non-hydrogen) atoms. The minimum atomic E-state index is -0.467. The number of anilines is 1. The van der Waals surface area contributed by atoms with Crippen LogP contribution >= 0.6 is 0 Å². The molecule has 1 aromatic carbocycles. The lowest BCUT2D eigenvalue weighted by Gasteiger charge is -2.18. The number of nitro groups is 1. The van der Waals surface area contributed by atoms with Gasteiger partial charge >= 0.3 is 5.82 Å². The second-order valence-electron chi connectivity index (χ2n) is 6.67. The van der Waals surface area contributed by atoms with Gasteiger partial charge in [-0.15, -0.1) is 0 Å². The third-order valence-electron chi connectivity index (χ3n) is 5.27. The lowest BCUT2D eigenvalue weighted by Crippen LogP contribution is -2.28. The van der Waals surface area contributed by atoms with Crippen molar-refractivity contribution in [3.63, 3.8) is 0 Å². The fourth-order valence-corrected chi connectivity index (χ4v) is 3.79. The number of benzene rings is 1. The maximum absolute atomic E-state index is 12.9. The molecular weight excluding hydrogens is 358 g/mol. The molecule has 0 radical (unpaired) electrons. The first-order chi connectivity index (χ1) is 13.6. The van der Waals surface area contributed by atoms with Crippen LogP contribution in [0, 0.1) is 10.1 Å². The maximum atomic E-state index is 12.9. The second-order valence-corrected chi connectivity index (χ2v) is 6.67. The predicted octanol–water partition coefficient (Wildman–Crippen LogP) is 3.10. The highest BCUT2D eigenvalue weighted by atomic mass is 16.6. The number of likely N-dealkylation sites (N-methyl/N-ethyl adjacent to an activating group) is 1. The Hall–Kier alpha value is -3.26. The number of nitrogens with zero attached hydrogens (tertiary/aromatic N) is 4. The minimum Gasteiger partial charge on any atom is -0.368 e. The highest BCUT2D eigenvalue weighted by Gasteiger charge is 2.22. The largest absolute Gasteiger partial charge is 0.368 e. The summed E-state index contributed by atoms with van der Waals surface area (Å²) in [6, 6.07) is 8.40. The first-order valence-corrected chi connectivity index (χ1v) is 9.36. The van der Waals surface area contributed by atoms with Crippen molar-refractivity contribution in [2.75, 3.05) is 31.5 Å². The minimum absolute atomic E-state index is 0.116. The van der Waals surface area contributed by atoms with E-state index in [2.05, 4.69) is 29.0 Å². The molecule has 0 amide bonds. The topological polar surface area (TPSA) is 92.8 Å². The number of fused-ring (bicyclic) bond motifs is 2. The number of rotatable bonds is 7. The summed E-state index contributed by atoms with van der Waals surface area (Å²) in [5, 5.41) is 16.8. The molecule has 0 saturated heterocycles. The van der Waals surface area contributed by atoms with E-state index < -0.39 is 4.92 Å². The van der Waals surface area contributed by atoms with E-state index in [1.54, 1.807) is 12.3 Å². The van der Waals surface area contributed by atoms with Crippen molar-refractivity contribution in [2.24, 2.45) is 0 Å². The van der Waals surface area contributed by atoms with E-state index in [-0.39, 0.29) is 16.8 Å². The first-order valence-electron chi connectivity index (χ1n) is 9.36. The molecule has 144 valence electrons. The van der Waals surface area contributed by atoms with E-state index in [9.17, 15) is 14.9 Å². The number of hydrogen-bond donors (Lipinski definition) is 1. The van der Waals surface area contributed by atoms with Crippen LogP contribution in [0.3, 0.4) is 0 Å². The van der Waals surface area contributed by atoms with E-state index in [1.165, 1.54) is 16.5 Å². The van der Waals surface area contributed by atoms with Crippen LogP contribution in [-0.2, 0) is 0 Å². The van der Waals surface area contributed by atoms with Gasteiger partial charge in [-0.1, -0.05) is 26.0 Å². The van der Waals surface area contributed by atoms with Crippen LogP contribution in [0.15, 0.2) is 41.3 Å². The van der Waals surface area contributed by atoms with Crippen molar-refractivity contribution in [2.45, 2.75) is 13.8 Å². The Morgan fingerprint density at radius 3 is 2.64 bits per heavy atom. The summed E-state index contributed by atoms with van der Waals surface area (Å²) in [7, 11) is 0. The molecule has 0 saturated carbocycles. The normalized spacial score (nSPS) is 11.8. The van der Waals surface area contributed by atoms with Crippen molar-refractivity contribution in [3.8, 4) is 0 Å². The quantitative estimate of drug-likeness (QED) is 0.392. The van der Waals surface area contributed by atoms with E-state index in [0.29, 0.717) is 22.1 Å². The van der Waals surface area contributed by atoms with Gasteiger partial charge in [0.05, 0.1) is 5.39 Å². The summed E-state index contributed by atoms with van der Waals surface area (Å²) in [6.45, 7) is 7.79. The van der Waals surface area contributed by atoms with E-state index in [4.69, 9.17) is 0 Å². The SMILES string of the molecule is CCN(CC)CCNc1ncc2c(=O)c3ccc([N+](=O)[O-])n3c3cccc1c23. The van der Waals surface area contributed by atoms with Gasteiger partial charge in [-0.25, -0.2) is 4.98 Å². The first kappa shape index (κ1) is 18.1. The van der Waals surface area contributed by atoms with Crippen LogP contribution in [0.4, 0.5) is 11.6 Å². The van der Waals surface area contributed by atoms with Crippen LogP contribution in [0.2, 0.25) is 0 Å². The molecule has 1 N–H and O–H groups in total. The standard InChI is InChI=1S/C20H21N5O3/c1-3-23(4-2)11-10-21-20-13-6-5-7-15-18(13)14(12-22-20)19(26)16-8-9-17(24(15)16)25(27)28/h5-9,12H,3-4,10-11H2,1-2H3,(H,21,22). The van der Waals surface area contributed by atoms with Gasteiger partial charge in [0.15, 0.2) is 5.52 Å². The fourth-order valence-electron chi connectivity index (χ4n) is 3.79. The van der Waals surface area contributed by atoms with Crippen molar-refractivity contribution >= 4 is 38.8 Å². The predicted molar refractivity (Wildman–Crippen MR) is 111 cm³/mol. The molecule has 0 aliphatic rings. The zero-order valence-corrected chi connectivity index (χ0v) is 15.8. The maximum Gasteiger partial charge on any atom is 0.328 e. The molecule has 0 bridgehead atoms. The Morgan fingerprint density at radius 1 is 1.14 bits per heavy atom. The summed E-state index contributed by atoms with van der Waals surface area (Å²) < 4.78 is 1.43. The van der Waals surface area contributed by atoms with Crippen LogP contribution in [0.25, 0.3) is 27.2 Å². The monoisotopic (exact) mass is 379 g/mol. The van der Waals surface area contributed by atoms with Gasteiger partial charge in [0.25, 0.3) is 0 Å². The molecule has 4 rings (SSSR count). The van der Waals surface area contributed by atoms with Gasteiger partial charge in [-0.05, 0) is 30.1 Å². The molecule has 8 heteroatoms. The van der Waals surface area contributed by atoms with Gasteiger partial charge in [0.1, 0.15) is 11.3 Å². The van der Waals surface area contributed by atoms with Crippen LogP contribution in [-0.4, -0.2) is 45.4 Å². The zero-order valence-electron chi connectivity index (χ0n) is 15.8. The van der Waals surface area contributed by atoms with Gasteiger partial charge in [-0.3, -0.25) is 4.79 Å². The average molecular weight is 379 g/mol. The summed E-state index contributed by atoms with van der Waals surface area (Å²) in [5.74, 6) is 0.563. The Kier molecular flexibility index (Phi) is 4.56. The molecule has 0 fully saturated rings. The molecule has 0 aliphatic heterocycles. The summed E-state index contributed by atoms with van der Waals surface area (Å²) in [6.07, 6.45) is 1.57. The van der Waals surface area contributed by atoms with Crippen molar-refractivity contribution < 1.29 is 4.92 Å². The molecule has 0 unspecified atom stereocenters. The fraction of sp³-hybridized carbons (Fsp3) is 0.300. The van der Waals surface area contributed by atoms with Gasteiger partial charge in [0.2, 0.25) is 5.43 Å². The third kappa shape index (κ3) is 2.73. The number of hydrogen-bond acceptors (Lipinski definition) is 6. The van der Waals surface area contributed by atoms with Crippen molar-refractivity contribution in [1.29, 1.82) is 0 Å². The zero-order chi connectivity index (χ0) is 19.8. The van der Waals surface area contributed by atoms with Crippen LogP contribution < -0.4 is 10.7 Å². The molecule has 8 nitrogen and oxygen atoms in total. The molecule has 0 aliphatic carbocycles. The molecule has 0 atom stereocenters. The summed E-state index contributed by atoms with van der Waals surface area (Å²) >= 11 is 0. The van der Waals surface area contributed by atoms with Gasteiger partial charge < -0.3 is 20.3 Å². The Bertz CT molecular complexity index is 1230. The van der Waals surface area contributed by atoms with Crippen molar-refractivity contribution in [3.05, 3.63) is 56.9 Å². The Morgan fingerprint density at radius 2 is 1.93 bits per heavy atom. The lowest BCUT2D eigenvalue weighted by atomic mass is 10.1. The Balaban J connectivity index is 1.89.